The summed E-state index contributed by atoms with van der Waals surface area (Å²) in [5.74, 6) is -0.582. The zero-order valence-electron chi connectivity index (χ0n) is 9.49. The second kappa shape index (κ2) is 5.31. The van der Waals surface area contributed by atoms with Gasteiger partial charge >= 0.3 is 0 Å². The second-order valence-corrected chi connectivity index (χ2v) is 4.84. The third kappa shape index (κ3) is 2.76. The second-order valence-electron chi connectivity index (χ2n) is 3.92. The summed E-state index contributed by atoms with van der Waals surface area (Å²) in [6, 6.07) is 11.4. The summed E-state index contributed by atoms with van der Waals surface area (Å²) in [6.45, 7) is 0. The molecule has 0 saturated carbocycles. The molecule has 2 rings (SSSR count). The molecule has 0 atom stereocenters. The average molecular weight is 308 g/mol. The van der Waals surface area contributed by atoms with Crippen LogP contribution in [0.4, 0.5) is 10.1 Å². The van der Waals surface area contributed by atoms with Crippen LogP contribution in [0.15, 0.2) is 46.9 Å². The number of hydrogen-bond acceptors (Lipinski definition) is 2. The van der Waals surface area contributed by atoms with Gasteiger partial charge in [-0.25, -0.2) is 4.39 Å². The molecule has 0 aliphatic heterocycles. The third-order valence-corrected chi connectivity index (χ3v) is 3.12. The van der Waals surface area contributed by atoms with Crippen molar-refractivity contribution in [3.05, 3.63) is 63.9 Å². The fourth-order valence-electron chi connectivity index (χ4n) is 1.68. The Bertz CT molecular complexity index is 598. The summed E-state index contributed by atoms with van der Waals surface area (Å²) in [6.07, 6.45) is 0.00727. The maximum Gasteiger partial charge on any atom is 0.169 e. The van der Waals surface area contributed by atoms with E-state index in [1.165, 1.54) is 6.07 Å². The molecule has 0 saturated heterocycles. The minimum atomic E-state index is -0.396. The Kier molecular flexibility index (Phi) is 3.77. The van der Waals surface area contributed by atoms with E-state index in [-0.39, 0.29) is 12.2 Å². The molecule has 2 nitrogen and oxygen atoms in total. The zero-order chi connectivity index (χ0) is 13.1. The number of carbonyl (C=O) groups excluding carboxylic acids is 1. The van der Waals surface area contributed by atoms with Gasteiger partial charge in [-0.15, -0.1) is 0 Å². The van der Waals surface area contributed by atoms with Crippen molar-refractivity contribution >= 4 is 27.4 Å². The molecule has 0 spiro atoms. The largest absolute Gasteiger partial charge is 0.398 e. The highest BCUT2D eigenvalue weighted by Crippen LogP contribution is 2.19. The first-order valence-electron chi connectivity index (χ1n) is 5.39. The Balaban J connectivity index is 2.24. The number of Topliss-reactive ketones (excluding diaryl/α,β-unsaturated/α-hetero) is 1. The maximum atomic E-state index is 13.6. The van der Waals surface area contributed by atoms with Crippen molar-refractivity contribution in [1.29, 1.82) is 0 Å². The van der Waals surface area contributed by atoms with Crippen molar-refractivity contribution < 1.29 is 9.18 Å². The van der Waals surface area contributed by atoms with Crippen LogP contribution in [-0.2, 0) is 6.42 Å². The molecule has 2 N–H and O–H groups in total. The van der Waals surface area contributed by atoms with E-state index in [1.54, 1.807) is 36.4 Å². The van der Waals surface area contributed by atoms with Crippen LogP contribution in [0.5, 0.6) is 0 Å². The number of benzene rings is 2. The van der Waals surface area contributed by atoms with E-state index in [1.807, 2.05) is 0 Å². The highest BCUT2D eigenvalue weighted by molar-refractivity contribution is 9.10. The molecule has 4 heteroatoms. The van der Waals surface area contributed by atoms with Crippen LogP contribution in [-0.4, -0.2) is 5.78 Å². The van der Waals surface area contributed by atoms with Gasteiger partial charge in [0.15, 0.2) is 5.78 Å². The van der Waals surface area contributed by atoms with Crippen molar-refractivity contribution in [3.8, 4) is 0 Å². The van der Waals surface area contributed by atoms with Crippen molar-refractivity contribution in [1.82, 2.24) is 0 Å². The lowest BCUT2D eigenvalue weighted by Gasteiger charge is -2.05. The van der Waals surface area contributed by atoms with Gasteiger partial charge in [-0.2, -0.15) is 0 Å². The highest BCUT2D eigenvalue weighted by Gasteiger charge is 2.12. The smallest absolute Gasteiger partial charge is 0.169 e. The summed E-state index contributed by atoms with van der Waals surface area (Å²) < 4.78 is 14.3. The quantitative estimate of drug-likeness (QED) is 0.695. The Labute approximate surface area is 113 Å². The maximum absolute atomic E-state index is 13.6. The Morgan fingerprint density at radius 3 is 2.61 bits per heavy atom. The SMILES string of the molecule is Nc1ccccc1C(=O)Cc1ccc(Br)cc1F. The molecular formula is C14H11BrFNO. The number of halogens is 2. The molecule has 0 fully saturated rings. The van der Waals surface area contributed by atoms with Gasteiger partial charge in [0.25, 0.3) is 0 Å². The van der Waals surface area contributed by atoms with Crippen LogP contribution in [0.25, 0.3) is 0 Å². The van der Waals surface area contributed by atoms with E-state index in [0.717, 1.165) is 0 Å². The van der Waals surface area contributed by atoms with E-state index >= 15 is 0 Å². The van der Waals surface area contributed by atoms with Gasteiger partial charge in [-0.05, 0) is 29.8 Å². The van der Waals surface area contributed by atoms with Crippen LogP contribution in [0.2, 0.25) is 0 Å². The van der Waals surface area contributed by atoms with Crippen LogP contribution in [0.3, 0.4) is 0 Å². The van der Waals surface area contributed by atoms with Crippen LogP contribution in [0, 0.1) is 5.82 Å². The Morgan fingerprint density at radius 1 is 1.22 bits per heavy atom. The first-order valence-corrected chi connectivity index (χ1v) is 6.19. The number of para-hydroxylation sites is 1. The number of nitrogens with two attached hydrogens (primary N) is 1. The fourth-order valence-corrected chi connectivity index (χ4v) is 2.02. The topological polar surface area (TPSA) is 43.1 Å². The lowest BCUT2D eigenvalue weighted by atomic mass is 10.0. The molecule has 92 valence electrons. The molecular weight excluding hydrogens is 297 g/mol. The fraction of sp³-hybridized carbons (Fsp3) is 0.0714. The van der Waals surface area contributed by atoms with Gasteiger partial charge in [0.1, 0.15) is 5.82 Å². The molecule has 0 heterocycles. The lowest BCUT2D eigenvalue weighted by Crippen LogP contribution is -2.08. The molecule has 0 aliphatic carbocycles. The van der Waals surface area contributed by atoms with E-state index in [2.05, 4.69) is 15.9 Å². The van der Waals surface area contributed by atoms with Gasteiger partial charge in [0.2, 0.25) is 0 Å². The Hall–Kier alpha value is -1.68. The summed E-state index contributed by atoms with van der Waals surface area (Å²) in [5.41, 5.74) is 6.93. The number of carbonyl (C=O) groups is 1. The number of hydrogen-bond donors (Lipinski definition) is 1. The molecule has 0 amide bonds. The van der Waals surface area contributed by atoms with E-state index in [0.29, 0.717) is 21.3 Å². The third-order valence-electron chi connectivity index (χ3n) is 2.63. The Morgan fingerprint density at radius 2 is 1.94 bits per heavy atom. The van der Waals surface area contributed by atoms with Crippen molar-refractivity contribution in [3.63, 3.8) is 0 Å². The summed E-state index contributed by atoms with van der Waals surface area (Å²) in [7, 11) is 0. The number of rotatable bonds is 3. The van der Waals surface area contributed by atoms with Crippen LogP contribution >= 0.6 is 15.9 Å². The minimum Gasteiger partial charge on any atom is -0.398 e. The first kappa shape index (κ1) is 12.8. The van der Waals surface area contributed by atoms with Crippen LogP contribution in [0.1, 0.15) is 15.9 Å². The summed E-state index contributed by atoms with van der Waals surface area (Å²) >= 11 is 3.17. The lowest BCUT2D eigenvalue weighted by molar-refractivity contribution is 0.0992. The molecule has 0 aliphatic rings. The molecule has 2 aromatic rings. The van der Waals surface area contributed by atoms with Crippen molar-refractivity contribution in [2.24, 2.45) is 0 Å². The standard InChI is InChI=1S/C14H11BrFNO/c15-10-6-5-9(12(16)8-10)7-14(18)11-3-1-2-4-13(11)17/h1-6,8H,7,17H2. The number of ketones is 1. The average Bonchev–Trinajstić information content (AvgIpc) is 2.33. The first-order chi connectivity index (χ1) is 8.58. The van der Waals surface area contributed by atoms with Crippen molar-refractivity contribution in [2.45, 2.75) is 6.42 Å². The minimum absolute atomic E-state index is 0.00727. The monoisotopic (exact) mass is 307 g/mol. The number of anilines is 1. The van der Waals surface area contributed by atoms with Gasteiger partial charge < -0.3 is 5.73 Å². The van der Waals surface area contributed by atoms with Crippen molar-refractivity contribution in [2.75, 3.05) is 5.73 Å². The molecule has 0 aromatic heterocycles. The molecule has 0 bridgehead atoms. The zero-order valence-corrected chi connectivity index (χ0v) is 11.1. The molecule has 2 aromatic carbocycles. The highest BCUT2D eigenvalue weighted by atomic mass is 79.9. The van der Waals surface area contributed by atoms with Gasteiger partial charge in [-0.3, -0.25) is 4.79 Å². The van der Waals surface area contributed by atoms with E-state index in [4.69, 9.17) is 5.73 Å². The predicted octanol–water partition coefficient (Wildman–Crippen LogP) is 3.60. The van der Waals surface area contributed by atoms with Gasteiger partial charge in [0.05, 0.1) is 0 Å². The summed E-state index contributed by atoms with van der Waals surface area (Å²) in [4.78, 5) is 12.0. The van der Waals surface area contributed by atoms with Crippen LogP contribution < -0.4 is 5.73 Å². The normalized spacial score (nSPS) is 10.3. The van der Waals surface area contributed by atoms with Gasteiger partial charge in [0, 0.05) is 22.1 Å². The van der Waals surface area contributed by atoms with E-state index in [9.17, 15) is 9.18 Å². The molecule has 0 unspecified atom stereocenters. The predicted molar refractivity (Wildman–Crippen MR) is 73.0 cm³/mol. The van der Waals surface area contributed by atoms with Gasteiger partial charge in [-0.1, -0.05) is 34.1 Å². The molecule has 0 radical (unpaired) electrons. The molecule has 18 heavy (non-hydrogen) atoms. The van der Waals surface area contributed by atoms with E-state index < -0.39 is 5.82 Å². The summed E-state index contributed by atoms with van der Waals surface area (Å²) in [5, 5.41) is 0. The number of nitrogen functional groups attached to an aromatic ring is 1.